The molecule has 24 heavy (non-hydrogen) atoms. The quantitative estimate of drug-likeness (QED) is 0.501. The SMILES string of the molecule is Cc1cccc(OCC(=O)N/N=C/c2ccc([N+](=O)[O-])cc2)c1C. The van der Waals surface area contributed by atoms with Crippen molar-refractivity contribution in [3.05, 3.63) is 69.3 Å². The highest BCUT2D eigenvalue weighted by Gasteiger charge is 2.05. The van der Waals surface area contributed by atoms with Gasteiger partial charge in [0.2, 0.25) is 0 Å². The van der Waals surface area contributed by atoms with E-state index in [4.69, 9.17) is 4.74 Å². The van der Waals surface area contributed by atoms with Gasteiger partial charge in [-0.25, -0.2) is 5.43 Å². The van der Waals surface area contributed by atoms with Gasteiger partial charge >= 0.3 is 0 Å². The highest BCUT2D eigenvalue weighted by molar-refractivity contribution is 5.83. The lowest BCUT2D eigenvalue weighted by molar-refractivity contribution is -0.384. The summed E-state index contributed by atoms with van der Waals surface area (Å²) in [6, 6.07) is 11.5. The first-order chi connectivity index (χ1) is 11.5. The van der Waals surface area contributed by atoms with Crippen LogP contribution in [0.3, 0.4) is 0 Å². The van der Waals surface area contributed by atoms with Gasteiger partial charge in [-0.2, -0.15) is 5.10 Å². The van der Waals surface area contributed by atoms with Crippen molar-refractivity contribution in [3.63, 3.8) is 0 Å². The molecule has 7 heteroatoms. The molecule has 0 unspecified atom stereocenters. The molecule has 2 aromatic rings. The van der Waals surface area contributed by atoms with Crippen molar-refractivity contribution in [1.82, 2.24) is 5.43 Å². The standard InChI is InChI=1S/C17H17N3O4/c1-12-4-3-5-16(13(12)2)24-11-17(21)19-18-10-14-6-8-15(9-7-14)20(22)23/h3-10H,11H2,1-2H3,(H,19,21)/b18-10+. The first kappa shape index (κ1) is 17.1. The minimum absolute atomic E-state index is 0.00175. The van der Waals surface area contributed by atoms with Crippen LogP contribution >= 0.6 is 0 Å². The molecule has 0 saturated heterocycles. The molecule has 0 aliphatic heterocycles. The number of carbonyl (C=O) groups excluding carboxylic acids is 1. The van der Waals surface area contributed by atoms with E-state index in [0.717, 1.165) is 11.1 Å². The molecule has 0 aliphatic rings. The summed E-state index contributed by atoms with van der Waals surface area (Å²) >= 11 is 0. The molecule has 0 bridgehead atoms. The second kappa shape index (κ2) is 7.87. The molecule has 0 fully saturated rings. The average molecular weight is 327 g/mol. The summed E-state index contributed by atoms with van der Waals surface area (Å²) in [6.45, 7) is 3.74. The number of hydrazone groups is 1. The molecule has 2 aromatic carbocycles. The summed E-state index contributed by atoms with van der Waals surface area (Å²) in [4.78, 5) is 21.8. The number of nitro benzene ring substituents is 1. The van der Waals surface area contributed by atoms with Crippen molar-refractivity contribution in [1.29, 1.82) is 0 Å². The number of hydrogen-bond donors (Lipinski definition) is 1. The van der Waals surface area contributed by atoms with Crippen molar-refractivity contribution < 1.29 is 14.5 Å². The van der Waals surface area contributed by atoms with Crippen molar-refractivity contribution in [3.8, 4) is 5.75 Å². The monoisotopic (exact) mass is 327 g/mol. The van der Waals surface area contributed by atoms with Crippen molar-refractivity contribution in [2.75, 3.05) is 6.61 Å². The largest absolute Gasteiger partial charge is 0.483 e. The van der Waals surface area contributed by atoms with Crippen LogP contribution in [0.2, 0.25) is 0 Å². The first-order valence-corrected chi connectivity index (χ1v) is 7.23. The van der Waals surface area contributed by atoms with Gasteiger partial charge in [-0.1, -0.05) is 12.1 Å². The summed E-state index contributed by atoms with van der Waals surface area (Å²) in [5, 5.41) is 14.3. The number of carbonyl (C=O) groups is 1. The smallest absolute Gasteiger partial charge is 0.277 e. The van der Waals surface area contributed by atoms with E-state index in [-0.39, 0.29) is 12.3 Å². The first-order valence-electron chi connectivity index (χ1n) is 7.23. The predicted molar refractivity (Wildman–Crippen MR) is 90.2 cm³/mol. The van der Waals surface area contributed by atoms with Crippen molar-refractivity contribution in [2.24, 2.45) is 5.10 Å². The Balaban J connectivity index is 1.84. The molecule has 0 saturated carbocycles. The van der Waals surface area contributed by atoms with E-state index in [1.165, 1.54) is 18.3 Å². The molecule has 0 aliphatic carbocycles. The Morgan fingerprint density at radius 2 is 1.96 bits per heavy atom. The Bertz CT molecular complexity index is 770. The van der Waals surface area contributed by atoms with E-state index in [1.54, 1.807) is 18.2 Å². The normalized spacial score (nSPS) is 10.6. The molecule has 0 aromatic heterocycles. The Kier molecular flexibility index (Phi) is 5.62. The van der Waals surface area contributed by atoms with Gasteiger partial charge in [0.05, 0.1) is 11.1 Å². The van der Waals surface area contributed by atoms with E-state index < -0.39 is 10.8 Å². The molecule has 1 amide bonds. The van der Waals surface area contributed by atoms with Crippen LogP contribution in [0.15, 0.2) is 47.6 Å². The number of amides is 1. The van der Waals surface area contributed by atoms with Crippen LogP contribution in [0.1, 0.15) is 16.7 Å². The van der Waals surface area contributed by atoms with Crippen LogP contribution in [0.4, 0.5) is 5.69 Å². The Morgan fingerprint density at radius 3 is 2.62 bits per heavy atom. The number of aryl methyl sites for hydroxylation is 1. The van der Waals surface area contributed by atoms with Gasteiger partial charge in [-0.15, -0.1) is 0 Å². The molecule has 0 radical (unpaired) electrons. The zero-order valence-corrected chi connectivity index (χ0v) is 13.4. The van der Waals surface area contributed by atoms with Gasteiger partial charge in [0.1, 0.15) is 5.75 Å². The van der Waals surface area contributed by atoms with E-state index in [1.807, 2.05) is 26.0 Å². The van der Waals surface area contributed by atoms with Crippen molar-refractivity contribution in [2.45, 2.75) is 13.8 Å². The van der Waals surface area contributed by atoms with Crippen LogP contribution in [-0.4, -0.2) is 23.7 Å². The second-order valence-corrected chi connectivity index (χ2v) is 5.13. The summed E-state index contributed by atoms with van der Waals surface area (Å²) in [5.41, 5.74) is 5.05. The van der Waals surface area contributed by atoms with E-state index in [2.05, 4.69) is 10.5 Å². The second-order valence-electron chi connectivity index (χ2n) is 5.13. The minimum atomic E-state index is -0.479. The van der Waals surface area contributed by atoms with Gasteiger partial charge in [0.15, 0.2) is 6.61 Å². The number of non-ortho nitro benzene ring substituents is 1. The van der Waals surface area contributed by atoms with E-state index in [0.29, 0.717) is 11.3 Å². The Labute approximate surface area is 139 Å². The van der Waals surface area contributed by atoms with E-state index in [9.17, 15) is 14.9 Å². The third kappa shape index (κ3) is 4.64. The fourth-order valence-corrected chi connectivity index (χ4v) is 1.92. The number of hydrogen-bond acceptors (Lipinski definition) is 5. The molecular formula is C17H17N3O4. The molecule has 0 spiro atoms. The van der Waals surface area contributed by atoms with Crippen LogP contribution in [0, 0.1) is 24.0 Å². The third-order valence-electron chi connectivity index (χ3n) is 3.42. The number of nitro groups is 1. The van der Waals surface area contributed by atoms with Crippen LogP contribution in [0.5, 0.6) is 5.75 Å². The maximum Gasteiger partial charge on any atom is 0.277 e. The van der Waals surface area contributed by atoms with Gasteiger partial charge in [-0.3, -0.25) is 14.9 Å². The Hall–Kier alpha value is -3.22. The van der Waals surface area contributed by atoms with Crippen molar-refractivity contribution >= 4 is 17.8 Å². The molecular weight excluding hydrogens is 310 g/mol. The summed E-state index contributed by atoms with van der Waals surface area (Å²) in [5.74, 6) is 0.263. The fourth-order valence-electron chi connectivity index (χ4n) is 1.92. The van der Waals surface area contributed by atoms with Gasteiger partial charge in [0.25, 0.3) is 11.6 Å². The zero-order chi connectivity index (χ0) is 17.5. The van der Waals surface area contributed by atoms with Gasteiger partial charge < -0.3 is 4.74 Å². The van der Waals surface area contributed by atoms with E-state index >= 15 is 0 Å². The van der Waals surface area contributed by atoms with Crippen LogP contribution < -0.4 is 10.2 Å². The highest BCUT2D eigenvalue weighted by atomic mass is 16.6. The maximum absolute atomic E-state index is 11.7. The maximum atomic E-state index is 11.7. The number of rotatable bonds is 6. The molecule has 7 nitrogen and oxygen atoms in total. The average Bonchev–Trinajstić information content (AvgIpc) is 2.56. The fraction of sp³-hybridized carbons (Fsp3) is 0.176. The number of nitrogens with one attached hydrogen (secondary N) is 1. The minimum Gasteiger partial charge on any atom is -0.483 e. The van der Waals surface area contributed by atoms with Gasteiger partial charge in [0, 0.05) is 12.1 Å². The predicted octanol–water partition coefficient (Wildman–Crippen LogP) is 2.74. The number of nitrogens with zero attached hydrogens (tertiary/aromatic N) is 2. The van der Waals surface area contributed by atoms with Crippen LogP contribution in [0.25, 0.3) is 0 Å². The lowest BCUT2D eigenvalue weighted by atomic mass is 10.1. The lowest BCUT2D eigenvalue weighted by Gasteiger charge is -2.09. The highest BCUT2D eigenvalue weighted by Crippen LogP contribution is 2.20. The van der Waals surface area contributed by atoms with Crippen LogP contribution in [-0.2, 0) is 4.79 Å². The molecule has 1 N–H and O–H groups in total. The summed E-state index contributed by atoms with van der Waals surface area (Å²) in [6.07, 6.45) is 1.40. The molecule has 124 valence electrons. The summed E-state index contributed by atoms with van der Waals surface area (Å²) in [7, 11) is 0. The number of benzene rings is 2. The Morgan fingerprint density at radius 1 is 1.25 bits per heavy atom. The van der Waals surface area contributed by atoms with Gasteiger partial charge in [-0.05, 0) is 48.7 Å². The molecule has 0 atom stereocenters. The topological polar surface area (TPSA) is 93.8 Å². The third-order valence-corrected chi connectivity index (χ3v) is 3.42. The summed E-state index contributed by atoms with van der Waals surface area (Å²) < 4.78 is 5.46. The molecule has 2 rings (SSSR count). The number of ether oxygens (including phenoxy) is 1. The molecule has 0 heterocycles. The zero-order valence-electron chi connectivity index (χ0n) is 13.4. The lowest BCUT2D eigenvalue weighted by Crippen LogP contribution is -2.24.